The highest BCUT2D eigenvalue weighted by Crippen LogP contribution is 2.09. The lowest BCUT2D eigenvalue weighted by Crippen LogP contribution is -2.33. The van der Waals surface area contributed by atoms with Gasteiger partial charge in [0.15, 0.2) is 0 Å². The Balaban J connectivity index is 2.28. The zero-order chi connectivity index (χ0) is 5.98. The van der Waals surface area contributed by atoms with E-state index in [9.17, 15) is 4.39 Å². The fourth-order valence-corrected chi connectivity index (χ4v) is 0.697. The van der Waals surface area contributed by atoms with Crippen molar-refractivity contribution in [1.82, 2.24) is 0 Å². The maximum absolute atomic E-state index is 12.2. The largest absolute Gasteiger partial charge is 0.388 e. The minimum Gasteiger partial charge on any atom is -0.388 e. The van der Waals surface area contributed by atoms with Crippen LogP contribution in [0.2, 0.25) is 0 Å². The minimum absolute atomic E-state index is 0.154. The van der Waals surface area contributed by atoms with Crippen molar-refractivity contribution in [2.24, 2.45) is 0 Å². The van der Waals surface area contributed by atoms with Crippen LogP contribution >= 0.6 is 0 Å². The van der Waals surface area contributed by atoms with Crippen LogP contribution < -0.4 is 0 Å². The highest BCUT2D eigenvalue weighted by atomic mass is 19.1. The van der Waals surface area contributed by atoms with Crippen LogP contribution in [0.15, 0.2) is 0 Å². The molecule has 1 rings (SSSR count). The quantitative estimate of drug-likeness (QED) is 0.491. The van der Waals surface area contributed by atoms with Gasteiger partial charge in [-0.25, -0.2) is 4.39 Å². The van der Waals surface area contributed by atoms with Crippen LogP contribution in [0.1, 0.15) is 6.42 Å². The molecule has 1 aliphatic heterocycles. The molecule has 2 atom stereocenters. The molecule has 48 valence electrons. The van der Waals surface area contributed by atoms with Gasteiger partial charge < -0.3 is 9.84 Å². The van der Waals surface area contributed by atoms with Gasteiger partial charge in [-0.05, 0) is 0 Å². The van der Waals surface area contributed by atoms with E-state index in [2.05, 4.69) is 0 Å². The number of hydrogen-bond acceptors (Lipinski definition) is 2. The fraction of sp³-hybridized carbons (Fsp3) is 1.00. The highest BCUT2D eigenvalue weighted by Gasteiger charge is 2.22. The Kier molecular flexibility index (Phi) is 1.81. The molecule has 0 aromatic heterocycles. The number of aliphatic hydroxyl groups is 1. The number of ether oxygens (including phenoxy) is 1. The summed E-state index contributed by atoms with van der Waals surface area (Å²) in [5.41, 5.74) is 0. The van der Waals surface area contributed by atoms with E-state index < -0.39 is 12.3 Å². The summed E-state index contributed by atoms with van der Waals surface area (Å²) >= 11 is 0. The van der Waals surface area contributed by atoms with Gasteiger partial charge in [-0.1, -0.05) is 0 Å². The molecule has 0 saturated carbocycles. The Labute approximate surface area is 47.3 Å². The van der Waals surface area contributed by atoms with Gasteiger partial charge in [0.1, 0.15) is 12.3 Å². The van der Waals surface area contributed by atoms with Crippen molar-refractivity contribution < 1.29 is 14.2 Å². The Morgan fingerprint density at radius 2 is 2.38 bits per heavy atom. The summed E-state index contributed by atoms with van der Waals surface area (Å²) in [4.78, 5) is 0. The Morgan fingerprint density at radius 1 is 1.62 bits per heavy atom. The first-order valence-corrected chi connectivity index (χ1v) is 2.70. The smallest absolute Gasteiger partial charge is 0.130 e. The summed E-state index contributed by atoms with van der Waals surface area (Å²) < 4.78 is 17.0. The molecule has 0 aliphatic carbocycles. The highest BCUT2D eigenvalue weighted by molar-refractivity contribution is 4.70. The predicted octanol–water partition coefficient (Wildman–Crippen LogP) is 0.106. The van der Waals surface area contributed by atoms with Crippen LogP contribution in [0.4, 0.5) is 4.39 Å². The van der Waals surface area contributed by atoms with Gasteiger partial charge >= 0.3 is 0 Å². The molecule has 1 saturated heterocycles. The summed E-state index contributed by atoms with van der Waals surface area (Å²) in [7, 11) is 0. The first kappa shape index (κ1) is 5.98. The van der Waals surface area contributed by atoms with E-state index in [1.165, 1.54) is 0 Å². The summed E-state index contributed by atoms with van der Waals surface area (Å²) in [5.74, 6) is 0. The third kappa shape index (κ3) is 1.17. The molecule has 0 aromatic rings. The molecule has 0 spiro atoms. The third-order valence-corrected chi connectivity index (χ3v) is 1.24. The van der Waals surface area contributed by atoms with Crippen molar-refractivity contribution in [1.29, 1.82) is 0 Å². The molecule has 1 N–H and O–H groups in total. The van der Waals surface area contributed by atoms with Gasteiger partial charge in [0.25, 0.3) is 0 Å². The van der Waals surface area contributed by atoms with Gasteiger partial charge in [-0.2, -0.15) is 0 Å². The summed E-state index contributed by atoms with van der Waals surface area (Å²) in [6.07, 6.45) is -1.62. The van der Waals surface area contributed by atoms with E-state index in [0.29, 0.717) is 13.0 Å². The fourth-order valence-electron chi connectivity index (χ4n) is 0.697. The molecule has 8 heavy (non-hydrogen) atoms. The van der Waals surface area contributed by atoms with E-state index in [-0.39, 0.29) is 6.61 Å². The standard InChI is InChI=1S/C5H9FO2/c6-4-1-2-8-3-5(4)7/h4-5,7H,1-3H2/t4-,5-/m1/s1. The van der Waals surface area contributed by atoms with E-state index >= 15 is 0 Å². The average molecular weight is 120 g/mol. The van der Waals surface area contributed by atoms with Crippen LogP contribution in [-0.4, -0.2) is 30.6 Å². The topological polar surface area (TPSA) is 29.5 Å². The lowest BCUT2D eigenvalue weighted by Gasteiger charge is -2.20. The number of hydrogen-bond donors (Lipinski definition) is 1. The maximum Gasteiger partial charge on any atom is 0.130 e. The predicted molar refractivity (Wildman–Crippen MR) is 26.3 cm³/mol. The van der Waals surface area contributed by atoms with Crippen LogP contribution in [0.25, 0.3) is 0 Å². The van der Waals surface area contributed by atoms with Crippen molar-refractivity contribution >= 4 is 0 Å². The number of rotatable bonds is 0. The molecule has 3 heteroatoms. The second-order valence-corrected chi connectivity index (χ2v) is 1.95. The molecule has 2 nitrogen and oxygen atoms in total. The lowest BCUT2D eigenvalue weighted by atomic mass is 10.1. The van der Waals surface area contributed by atoms with Gasteiger partial charge in [0.05, 0.1) is 6.61 Å². The third-order valence-electron chi connectivity index (χ3n) is 1.24. The molecule has 0 bridgehead atoms. The molecule has 0 unspecified atom stereocenters. The monoisotopic (exact) mass is 120 g/mol. The Hall–Kier alpha value is -0.150. The van der Waals surface area contributed by atoms with Crippen LogP contribution in [0.3, 0.4) is 0 Å². The van der Waals surface area contributed by atoms with Crippen LogP contribution in [0, 0.1) is 0 Å². The van der Waals surface area contributed by atoms with Gasteiger partial charge in [-0.3, -0.25) is 0 Å². The molecular formula is C5H9FO2. The Bertz CT molecular complexity index is 66.8. The van der Waals surface area contributed by atoms with Crippen molar-refractivity contribution in [2.75, 3.05) is 13.2 Å². The summed E-state index contributed by atoms with van der Waals surface area (Å²) in [6.45, 7) is 0.597. The molecular weight excluding hydrogens is 111 g/mol. The number of aliphatic hydroxyl groups excluding tert-OH is 1. The van der Waals surface area contributed by atoms with Crippen molar-refractivity contribution in [3.63, 3.8) is 0 Å². The molecule has 1 fully saturated rings. The van der Waals surface area contributed by atoms with E-state index in [1.54, 1.807) is 0 Å². The summed E-state index contributed by atoms with van der Waals surface area (Å²) in [6, 6.07) is 0. The number of halogens is 1. The van der Waals surface area contributed by atoms with Crippen molar-refractivity contribution in [2.45, 2.75) is 18.7 Å². The molecule has 0 amide bonds. The normalized spacial score (nSPS) is 39.8. The van der Waals surface area contributed by atoms with Gasteiger partial charge in [0.2, 0.25) is 0 Å². The van der Waals surface area contributed by atoms with E-state index in [0.717, 1.165) is 0 Å². The number of alkyl halides is 1. The van der Waals surface area contributed by atoms with Crippen molar-refractivity contribution in [3.05, 3.63) is 0 Å². The van der Waals surface area contributed by atoms with E-state index in [4.69, 9.17) is 9.84 Å². The van der Waals surface area contributed by atoms with Gasteiger partial charge in [-0.15, -0.1) is 0 Å². The SMILES string of the molecule is O[C@@H]1COCC[C@H]1F. The van der Waals surface area contributed by atoms with Crippen molar-refractivity contribution in [3.8, 4) is 0 Å². The minimum atomic E-state index is -1.07. The zero-order valence-electron chi connectivity index (χ0n) is 4.51. The second kappa shape index (κ2) is 2.42. The molecule has 0 radical (unpaired) electrons. The molecule has 1 aliphatic rings. The molecule has 0 aromatic carbocycles. The molecule has 1 heterocycles. The summed E-state index contributed by atoms with van der Waals surface area (Å²) in [5, 5.41) is 8.68. The zero-order valence-corrected chi connectivity index (χ0v) is 4.51. The maximum atomic E-state index is 12.2. The lowest BCUT2D eigenvalue weighted by molar-refractivity contribution is -0.0547. The van der Waals surface area contributed by atoms with E-state index in [1.807, 2.05) is 0 Å². The van der Waals surface area contributed by atoms with Crippen LogP contribution in [-0.2, 0) is 4.74 Å². The first-order valence-electron chi connectivity index (χ1n) is 2.70. The second-order valence-electron chi connectivity index (χ2n) is 1.95. The average Bonchev–Trinajstić information content (AvgIpc) is 1.77. The first-order chi connectivity index (χ1) is 3.80. The van der Waals surface area contributed by atoms with Gasteiger partial charge in [0, 0.05) is 13.0 Å². The van der Waals surface area contributed by atoms with Crippen LogP contribution in [0.5, 0.6) is 0 Å². The Morgan fingerprint density at radius 3 is 2.75 bits per heavy atom.